The number of hydrogen-bond donors (Lipinski definition) is 1. The molecule has 100 valence electrons. The number of aliphatic carboxylic acids is 1. The van der Waals surface area contributed by atoms with E-state index < -0.39 is 5.97 Å². The van der Waals surface area contributed by atoms with Crippen LogP contribution in [0.15, 0.2) is 6.20 Å². The zero-order valence-electron chi connectivity index (χ0n) is 11.1. The van der Waals surface area contributed by atoms with Crippen molar-refractivity contribution >= 4 is 5.97 Å². The number of hydrogen-bond acceptors (Lipinski definition) is 3. The molecule has 0 spiro atoms. The summed E-state index contributed by atoms with van der Waals surface area (Å²) in [5, 5.41) is 13.4. The molecule has 0 aromatic carbocycles. The first kappa shape index (κ1) is 13.1. The zero-order valence-corrected chi connectivity index (χ0v) is 11.1. The van der Waals surface area contributed by atoms with Gasteiger partial charge in [0.1, 0.15) is 0 Å². The molecule has 1 unspecified atom stereocenters. The summed E-state index contributed by atoms with van der Waals surface area (Å²) in [5.41, 5.74) is 2.12. The van der Waals surface area contributed by atoms with Crippen LogP contribution in [0.4, 0.5) is 0 Å². The Morgan fingerprint density at radius 1 is 1.44 bits per heavy atom. The van der Waals surface area contributed by atoms with Gasteiger partial charge in [0.2, 0.25) is 0 Å². The lowest BCUT2D eigenvalue weighted by Gasteiger charge is -2.33. The molecule has 1 aromatic heterocycles. The minimum atomic E-state index is -0.742. The summed E-state index contributed by atoms with van der Waals surface area (Å²) in [5.74, 6) is -0.742. The van der Waals surface area contributed by atoms with Crippen LogP contribution >= 0.6 is 0 Å². The number of nitrogens with zero attached hydrogens (tertiary/aromatic N) is 3. The van der Waals surface area contributed by atoms with Crippen molar-refractivity contribution < 1.29 is 9.90 Å². The van der Waals surface area contributed by atoms with Crippen LogP contribution in [0, 0.1) is 6.92 Å². The smallest absolute Gasteiger partial charge is 0.305 e. The minimum absolute atomic E-state index is 0.0310. The standard InChI is InChI=1S/C13H21N3O2/c1-10-11(9-14-15(10)2)12(8-13(17)18)16-6-4-3-5-7-16/h9,12H,3-8H2,1-2H3,(H,17,18). The van der Waals surface area contributed by atoms with Gasteiger partial charge in [-0.1, -0.05) is 6.42 Å². The van der Waals surface area contributed by atoms with Crippen LogP contribution in [0.3, 0.4) is 0 Å². The Morgan fingerprint density at radius 3 is 2.61 bits per heavy atom. The first-order chi connectivity index (χ1) is 8.59. The van der Waals surface area contributed by atoms with Crippen molar-refractivity contribution in [3.05, 3.63) is 17.5 Å². The van der Waals surface area contributed by atoms with E-state index in [1.807, 2.05) is 24.9 Å². The van der Waals surface area contributed by atoms with Gasteiger partial charge in [-0.05, 0) is 32.9 Å². The number of likely N-dealkylation sites (tertiary alicyclic amines) is 1. The number of aryl methyl sites for hydroxylation is 1. The fraction of sp³-hybridized carbons (Fsp3) is 0.692. The second-order valence-corrected chi connectivity index (χ2v) is 5.02. The molecule has 0 radical (unpaired) electrons. The molecule has 0 aliphatic carbocycles. The minimum Gasteiger partial charge on any atom is -0.481 e. The summed E-state index contributed by atoms with van der Waals surface area (Å²) in [4.78, 5) is 13.4. The largest absolute Gasteiger partial charge is 0.481 e. The van der Waals surface area contributed by atoms with Gasteiger partial charge in [0.05, 0.1) is 12.6 Å². The number of carbonyl (C=O) groups is 1. The van der Waals surface area contributed by atoms with Crippen molar-refractivity contribution in [3.63, 3.8) is 0 Å². The molecular weight excluding hydrogens is 230 g/mol. The summed E-state index contributed by atoms with van der Waals surface area (Å²) in [6.45, 7) is 3.99. The summed E-state index contributed by atoms with van der Waals surface area (Å²) < 4.78 is 1.81. The number of aromatic nitrogens is 2. The summed E-state index contributed by atoms with van der Waals surface area (Å²) in [7, 11) is 1.90. The van der Waals surface area contributed by atoms with Crippen molar-refractivity contribution in [3.8, 4) is 0 Å². The van der Waals surface area contributed by atoms with Crippen molar-refractivity contribution in [2.45, 2.75) is 38.6 Å². The molecule has 2 heterocycles. The monoisotopic (exact) mass is 251 g/mol. The van der Waals surface area contributed by atoms with Crippen molar-refractivity contribution in [2.75, 3.05) is 13.1 Å². The maximum Gasteiger partial charge on any atom is 0.305 e. The summed E-state index contributed by atoms with van der Waals surface area (Å²) in [6.07, 6.45) is 5.55. The normalized spacial score (nSPS) is 18.8. The zero-order chi connectivity index (χ0) is 13.1. The quantitative estimate of drug-likeness (QED) is 0.885. The number of rotatable bonds is 4. The molecule has 18 heavy (non-hydrogen) atoms. The van der Waals surface area contributed by atoms with E-state index in [9.17, 15) is 4.79 Å². The number of carboxylic acids is 1. The molecule has 1 atom stereocenters. The fourth-order valence-corrected chi connectivity index (χ4v) is 2.67. The van der Waals surface area contributed by atoms with E-state index in [2.05, 4.69) is 10.00 Å². The van der Waals surface area contributed by atoms with Crippen molar-refractivity contribution in [1.82, 2.24) is 14.7 Å². The first-order valence-electron chi connectivity index (χ1n) is 6.54. The molecule has 1 aliphatic rings. The third kappa shape index (κ3) is 2.72. The van der Waals surface area contributed by atoms with E-state index in [0.717, 1.165) is 37.2 Å². The van der Waals surface area contributed by atoms with Crippen LogP contribution < -0.4 is 0 Å². The van der Waals surface area contributed by atoms with Gasteiger partial charge in [0.25, 0.3) is 0 Å². The van der Waals surface area contributed by atoms with Gasteiger partial charge in [-0.2, -0.15) is 5.10 Å². The predicted molar refractivity (Wildman–Crippen MR) is 68.4 cm³/mol. The maximum atomic E-state index is 11.1. The Hall–Kier alpha value is -1.36. The van der Waals surface area contributed by atoms with E-state index in [0.29, 0.717) is 0 Å². The van der Waals surface area contributed by atoms with E-state index >= 15 is 0 Å². The third-order valence-electron chi connectivity index (χ3n) is 3.83. The second kappa shape index (κ2) is 5.52. The molecule has 5 nitrogen and oxygen atoms in total. The molecule has 1 fully saturated rings. The van der Waals surface area contributed by atoms with E-state index in [-0.39, 0.29) is 12.5 Å². The van der Waals surface area contributed by atoms with Gasteiger partial charge in [0.15, 0.2) is 0 Å². The fourth-order valence-electron chi connectivity index (χ4n) is 2.67. The van der Waals surface area contributed by atoms with Gasteiger partial charge in [-0.25, -0.2) is 0 Å². The van der Waals surface area contributed by atoms with Gasteiger partial charge < -0.3 is 5.11 Å². The molecule has 1 aromatic rings. The summed E-state index contributed by atoms with van der Waals surface area (Å²) in [6, 6.07) is -0.0310. The Balaban J connectivity index is 2.23. The molecule has 0 bridgehead atoms. The van der Waals surface area contributed by atoms with E-state index in [1.165, 1.54) is 6.42 Å². The molecule has 0 saturated carbocycles. The molecular formula is C13H21N3O2. The predicted octanol–water partition coefficient (Wildman–Crippen LogP) is 1.73. The topological polar surface area (TPSA) is 58.4 Å². The SMILES string of the molecule is Cc1c(C(CC(=O)O)N2CCCCC2)cnn1C. The van der Waals surface area contributed by atoms with Gasteiger partial charge in [-0.15, -0.1) is 0 Å². The molecule has 2 rings (SSSR count). The Morgan fingerprint density at radius 2 is 2.11 bits per heavy atom. The molecule has 5 heteroatoms. The Kier molecular flexibility index (Phi) is 4.01. The maximum absolute atomic E-state index is 11.1. The molecule has 1 aliphatic heterocycles. The average molecular weight is 251 g/mol. The highest BCUT2D eigenvalue weighted by atomic mass is 16.4. The molecule has 1 N–H and O–H groups in total. The Labute approximate surface area is 107 Å². The van der Waals surface area contributed by atoms with E-state index in [4.69, 9.17) is 5.11 Å². The average Bonchev–Trinajstić information content (AvgIpc) is 2.68. The van der Waals surface area contributed by atoms with Gasteiger partial charge in [-0.3, -0.25) is 14.4 Å². The first-order valence-corrected chi connectivity index (χ1v) is 6.54. The number of piperidine rings is 1. The van der Waals surface area contributed by atoms with Crippen LogP contribution in [0.25, 0.3) is 0 Å². The van der Waals surface area contributed by atoms with Crippen LogP contribution in [-0.4, -0.2) is 38.8 Å². The van der Waals surface area contributed by atoms with Crippen LogP contribution in [0.1, 0.15) is 43.0 Å². The second-order valence-electron chi connectivity index (χ2n) is 5.02. The van der Waals surface area contributed by atoms with Crippen LogP contribution in [-0.2, 0) is 11.8 Å². The van der Waals surface area contributed by atoms with E-state index in [1.54, 1.807) is 0 Å². The Bertz CT molecular complexity index is 422. The van der Waals surface area contributed by atoms with Crippen molar-refractivity contribution in [1.29, 1.82) is 0 Å². The highest BCUT2D eigenvalue weighted by molar-refractivity contribution is 5.68. The summed E-state index contributed by atoms with van der Waals surface area (Å²) >= 11 is 0. The van der Waals surface area contributed by atoms with Gasteiger partial charge in [0, 0.05) is 24.3 Å². The highest BCUT2D eigenvalue weighted by Crippen LogP contribution is 2.29. The van der Waals surface area contributed by atoms with Crippen molar-refractivity contribution in [2.24, 2.45) is 7.05 Å². The van der Waals surface area contributed by atoms with Crippen LogP contribution in [0.5, 0.6) is 0 Å². The lowest BCUT2D eigenvalue weighted by Crippen LogP contribution is -2.35. The number of carboxylic acid groups (broad SMARTS) is 1. The van der Waals surface area contributed by atoms with Crippen LogP contribution in [0.2, 0.25) is 0 Å². The lowest BCUT2D eigenvalue weighted by molar-refractivity contribution is -0.138. The third-order valence-corrected chi connectivity index (χ3v) is 3.83. The molecule has 0 amide bonds. The highest BCUT2D eigenvalue weighted by Gasteiger charge is 2.27. The molecule has 1 saturated heterocycles. The van der Waals surface area contributed by atoms with Gasteiger partial charge >= 0.3 is 5.97 Å². The lowest BCUT2D eigenvalue weighted by atomic mass is 9.99.